The SMILES string of the molecule is CC(C)(C)[C]([O])[CH][CH]c1ccccc1.[C-]#[O+].[C-]#[O+].[C-]#[O+].[Fe]. The topological polar surface area (TPSA) is 79.6 Å². The molecule has 1 aromatic rings. The van der Waals surface area contributed by atoms with Gasteiger partial charge in [0, 0.05) is 23.5 Å². The molecular formula is C16H16FeO4. The molecule has 0 spiro atoms. The molecule has 0 heterocycles. The summed E-state index contributed by atoms with van der Waals surface area (Å²) < 4.78 is 22.5. The molecule has 4 nitrogen and oxygen atoms in total. The van der Waals surface area contributed by atoms with Gasteiger partial charge in [-0.3, -0.25) is 0 Å². The summed E-state index contributed by atoms with van der Waals surface area (Å²) in [5, 5.41) is 11.6. The van der Waals surface area contributed by atoms with Crippen molar-refractivity contribution in [1.29, 1.82) is 0 Å². The standard InChI is InChI=1S/C13H16O.3CO.Fe/c1-13(2,3)12(14)10-9-11-7-5-4-6-8-11;3*1-2;/h4-10H,1-3H3;;;;. The van der Waals surface area contributed by atoms with Crippen LogP contribution in [0.25, 0.3) is 0 Å². The molecule has 0 atom stereocenters. The summed E-state index contributed by atoms with van der Waals surface area (Å²) >= 11 is 0. The summed E-state index contributed by atoms with van der Waals surface area (Å²) in [5.74, 6) is 0. The maximum atomic E-state index is 11.6. The predicted molar refractivity (Wildman–Crippen MR) is 69.3 cm³/mol. The first-order valence-electron chi connectivity index (χ1n) is 5.39. The molecule has 21 heavy (non-hydrogen) atoms. The smallest absolute Gasteiger partial charge is 0 e. The van der Waals surface area contributed by atoms with Crippen LogP contribution in [0.3, 0.4) is 0 Å². The number of hydrogen-bond donors (Lipinski definition) is 0. The van der Waals surface area contributed by atoms with E-state index < -0.39 is 0 Å². The van der Waals surface area contributed by atoms with Crippen LogP contribution in [0.15, 0.2) is 30.3 Å². The second-order valence-electron chi connectivity index (χ2n) is 4.36. The maximum absolute atomic E-state index is 11.6. The first-order valence-corrected chi connectivity index (χ1v) is 5.39. The van der Waals surface area contributed by atoms with E-state index in [9.17, 15) is 5.11 Å². The van der Waals surface area contributed by atoms with Crippen LogP contribution in [-0.4, -0.2) is 0 Å². The van der Waals surface area contributed by atoms with Crippen molar-refractivity contribution in [3.63, 3.8) is 0 Å². The fourth-order valence-electron chi connectivity index (χ4n) is 0.986. The Kier molecular flexibility index (Phi) is 25.3. The molecule has 1 rings (SSSR count). The van der Waals surface area contributed by atoms with Crippen molar-refractivity contribution >= 4 is 0 Å². The summed E-state index contributed by atoms with van der Waals surface area (Å²) in [7, 11) is 0. The van der Waals surface area contributed by atoms with Crippen LogP contribution in [0.2, 0.25) is 0 Å². The molecule has 0 saturated heterocycles. The van der Waals surface area contributed by atoms with Crippen LogP contribution in [-0.2, 0) is 36.1 Å². The minimum absolute atomic E-state index is 0. The average Bonchev–Trinajstić information content (AvgIpc) is 2.51. The van der Waals surface area contributed by atoms with Crippen LogP contribution in [0.5, 0.6) is 0 Å². The first kappa shape index (κ1) is 28.1. The Bertz CT molecular complexity index is 362. The molecule has 4 radical (unpaired) electrons. The largest absolute Gasteiger partial charge is 0 e. The minimum Gasteiger partial charge on any atom is 0 e. The second-order valence-corrected chi connectivity index (χ2v) is 4.36. The van der Waals surface area contributed by atoms with Gasteiger partial charge in [-0.1, -0.05) is 51.1 Å². The number of hydrogen-bond acceptors (Lipinski definition) is 0. The Labute approximate surface area is 137 Å². The van der Waals surface area contributed by atoms with E-state index in [1.807, 2.05) is 57.5 Å². The van der Waals surface area contributed by atoms with Crippen molar-refractivity contribution < 1.29 is 36.1 Å². The van der Waals surface area contributed by atoms with Gasteiger partial charge in [0.2, 0.25) is 0 Å². The van der Waals surface area contributed by atoms with Crippen LogP contribution < -0.4 is 0 Å². The van der Waals surface area contributed by atoms with E-state index in [0.717, 1.165) is 5.56 Å². The van der Waals surface area contributed by atoms with Gasteiger partial charge in [-0.25, -0.2) is 5.11 Å². The summed E-state index contributed by atoms with van der Waals surface area (Å²) in [6.45, 7) is 19.3. The summed E-state index contributed by atoms with van der Waals surface area (Å²) in [4.78, 5) is 0. The van der Waals surface area contributed by atoms with E-state index in [-0.39, 0.29) is 28.6 Å². The van der Waals surface area contributed by atoms with E-state index in [0.29, 0.717) is 0 Å². The molecule has 0 fully saturated rings. The van der Waals surface area contributed by atoms with E-state index in [2.05, 4.69) is 20.0 Å². The van der Waals surface area contributed by atoms with Crippen LogP contribution in [0.4, 0.5) is 0 Å². The Morgan fingerprint density at radius 2 is 1.33 bits per heavy atom. The van der Waals surface area contributed by atoms with Gasteiger partial charge in [-0.05, 0) is 17.4 Å². The van der Waals surface area contributed by atoms with Gasteiger partial charge in [0.1, 0.15) is 6.10 Å². The third kappa shape index (κ3) is 16.9. The molecule has 0 aliphatic heterocycles. The molecule has 0 aromatic heterocycles. The molecule has 112 valence electrons. The van der Waals surface area contributed by atoms with Crippen molar-refractivity contribution in [3.05, 3.63) is 74.8 Å². The van der Waals surface area contributed by atoms with Crippen LogP contribution >= 0.6 is 0 Å². The van der Waals surface area contributed by atoms with E-state index >= 15 is 0 Å². The van der Waals surface area contributed by atoms with Crippen molar-refractivity contribution in [3.8, 4) is 0 Å². The van der Waals surface area contributed by atoms with Crippen LogP contribution in [0.1, 0.15) is 26.3 Å². The van der Waals surface area contributed by atoms with Gasteiger partial charge in [0.15, 0.2) is 0 Å². The zero-order chi connectivity index (χ0) is 16.6. The van der Waals surface area contributed by atoms with Gasteiger partial charge in [0.05, 0.1) is 0 Å². The Hall–Kier alpha value is -1.08. The first-order chi connectivity index (χ1) is 9.50. The maximum Gasteiger partial charge on any atom is 0 e. The Morgan fingerprint density at radius 3 is 1.67 bits per heavy atom. The molecule has 0 aliphatic carbocycles. The van der Waals surface area contributed by atoms with Crippen LogP contribution in [0, 0.1) is 44.3 Å². The van der Waals surface area contributed by atoms with Crippen molar-refractivity contribution in [2.24, 2.45) is 5.41 Å². The Balaban J connectivity index is -0.000000183. The molecule has 0 saturated carbocycles. The molecule has 0 amide bonds. The normalized spacial score (nSPS) is 8.33. The summed E-state index contributed by atoms with van der Waals surface area (Å²) in [6.07, 6.45) is 3.66. The number of benzene rings is 1. The average molecular weight is 328 g/mol. The van der Waals surface area contributed by atoms with E-state index in [1.165, 1.54) is 0 Å². The van der Waals surface area contributed by atoms with Crippen molar-refractivity contribution in [2.45, 2.75) is 20.8 Å². The fourth-order valence-corrected chi connectivity index (χ4v) is 0.986. The molecule has 0 N–H and O–H groups in total. The zero-order valence-electron chi connectivity index (χ0n) is 12.0. The van der Waals surface area contributed by atoms with Gasteiger partial charge in [-0.15, -0.1) is 0 Å². The van der Waals surface area contributed by atoms with Crippen molar-refractivity contribution in [1.82, 2.24) is 0 Å². The van der Waals surface area contributed by atoms with E-state index in [1.54, 1.807) is 6.42 Å². The minimum atomic E-state index is -0.286. The Morgan fingerprint density at radius 1 is 0.952 bits per heavy atom. The summed E-state index contributed by atoms with van der Waals surface area (Å²) in [5.41, 5.74) is 0.774. The molecule has 0 aliphatic rings. The molecule has 1 aromatic carbocycles. The third-order valence-corrected chi connectivity index (χ3v) is 1.97. The fraction of sp³-hybridized carbons (Fsp3) is 0.250. The monoisotopic (exact) mass is 328 g/mol. The molecule has 0 bridgehead atoms. The van der Waals surface area contributed by atoms with Gasteiger partial charge < -0.3 is 0 Å². The van der Waals surface area contributed by atoms with Gasteiger partial charge in [-0.2, -0.15) is 0 Å². The molecule has 0 unspecified atom stereocenters. The van der Waals surface area contributed by atoms with Crippen molar-refractivity contribution in [2.75, 3.05) is 0 Å². The van der Waals surface area contributed by atoms with Gasteiger partial charge >= 0.3 is 33.9 Å². The summed E-state index contributed by atoms with van der Waals surface area (Å²) in [6, 6.07) is 9.84. The zero-order valence-corrected chi connectivity index (χ0v) is 13.1. The third-order valence-electron chi connectivity index (χ3n) is 1.97. The van der Waals surface area contributed by atoms with Gasteiger partial charge in [0.25, 0.3) is 0 Å². The number of rotatable bonds is 3. The predicted octanol–water partition coefficient (Wildman–Crippen LogP) is 3.34. The molecule has 5 heteroatoms. The second kappa shape index (κ2) is 18.9. The van der Waals surface area contributed by atoms with E-state index in [4.69, 9.17) is 14.0 Å². The molecular weight excluding hydrogens is 312 g/mol. The quantitative estimate of drug-likeness (QED) is 0.463.